The number of anilines is 1. The number of ketones is 1. The molecule has 0 saturated heterocycles. The van der Waals surface area contributed by atoms with Crippen LogP contribution in [-0.2, 0) is 0 Å². The largest absolute Gasteiger partial charge is 0.356 e. The first-order valence-electron chi connectivity index (χ1n) is 4.76. The van der Waals surface area contributed by atoms with Gasteiger partial charge in [0.1, 0.15) is 12.1 Å². The van der Waals surface area contributed by atoms with E-state index in [1.54, 1.807) is 6.20 Å². The second-order valence-electron chi connectivity index (χ2n) is 2.99. The molecule has 0 N–H and O–H groups in total. The molecule has 0 aliphatic carbocycles. The van der Waals surface area contributed by atoms with Crippen molar-refractivity contribution in [3.63, 3.8) is 0 Å². The van der Waals surface area contributed by atoms with E-state index in [0.717, 1.165) is 18.9 Å². The maximum absolute atomic E-state index is 11.3. The van der Waals surface area contributed by atoms with E-state index in [-0.39, 0.29) is 5.78 Å². The highest BCUT2D eigenvalue weighted by atomic mass is 16.1. The van der Waals surface area contributed by atoms with Gasteiger partial charge < -0.3 is 4.90 Å². The molecule has 0 aromatic carbocycles. The van der Waals surface area contributed by atoms with E-state index in [2.05, 4.69) is 9.97 Å². The summed E-state index contributed by atoms with van der Waals surface area (Å²) in [5, 5.41) is 0. The van der Waals surface area contributed by atoms with Crippen LogP contribution in [0.4, 0.5) is 5.82 Å². The molecular weight excluding hydrogens is 178 g/mol. The lowest BCUT2D eigenvalue weighted by atomic mass is 10.2. The van der Waals surface area contributed by atoms with Crippen LogP contribution in [0.3, 0.4) is 0 Å². The molecule has 0 atom stereocenters. The molecule has 1 aromatic heterocycles. The van der Waals surface area contributed by atoms with Crippen molar-refractivity contribution in [2.45, 2.75) is 20.8 Å². The quantitative estimate of drug-likeness (QED) is 0.680. The predicted octanol–water partition coefficient (Wildman–Crippen LogP) is 1.53. The minimum absolute atomic E-state index is 0.00694. The van der Waals surface area contributed by atoms with Gasteiger partial charge in [0.2, 0.25) is 0 Å². The van der Waals surface area contributed by atoms with Crippen molar-refractivity contribution < 1.29 is 4.79 Å². The Morgan fingerprint density at radius 1 is 1.43 bits per heavy atom. The number of aromatic nitrogens is 2. The zero-order valence-corrected chi connectivity index (χ0v) is 8.82. The van der Waals surface area contributed by atoms with Crippen LogP contribution < -0.4 is 4.90 Å². The average Bonchev–Trinajstić information content (AvgIpc) is 2.20. The molecule has 76 valence electrons. The molecule has 0 aliphatic heterocycles. The lowest BCUT2D eigenvalue weighted by molar-refractivity contribution is 0.101. The average molecular weight is 193 g/mol. The van der Waals surface area contributed by atoms with Gasteiger partial charge in [0.25, 0.3) is 0 Å². The maximum atomic E-state index is 11.3. The first kappa shape index (κ1) is 10.6. The SMILES string of the molecule is CCN(CC)c1ncncc1C(C)=O. The molecule has 0 fully saturated rings. The summed E-state index contributed by atoms with van der Waals surface area (Å²) in [4.78, 5) is 21.3. The highest BCUT2D eigenvalue weighted by Gasteiger charge is 2.12. The Kier molecular flexibility index (Phi) is 3.56. The second-order valence-corrected chi connectivity index (χ2v) is 2.99. The van der Waals surface area contributed by atoms with Crippen LogP contribution in [0.5, 0.6) is 0 Å². The van der Waals surface area contributed by atoms with E-state index < -0.39 is 0 Å². The molecule has 1 rings (SSSR count). The highest BCUT2D eigenvalue weighted by Crippen LogP contribution is 2.15. The van der Waals surface area contributed by atoms with E-state index in [1.807, 2.05) is 18.7 Å². The van der Waals surface area contributed by atoms with Gasteiger partial charge in [-0.15, -0.1) is 0 Å². The Morgan fingerprint density at radius 2 is 2.07 bits per heavy atom. The molecular formula is C10H15N3O. The molecule has 1 heterocycles. The monoisotopic (exact) mass is 193 g/mol. The Balaban J connectivity index is 3.11. The van der Waals surface area contributed by atoms with Crippen molar-refractivity contribution in [1.82, 2.24) is 9.97 Å². The first-order chi connectivity index (χ1) is 6.70. The molecule has 0 amide bonds. The fourth-order valence-corrected chi connectivity index (χ4v) is 1.35. The minimum atomic E-state index is 0.00694. The molecule has 0 radical (unpaired) electrons. The number of carbonyl (C=O) groups is 1. The smallest absolute Gasteiger partial charge is 0.165 e. The third kappa shape index (κ3) is 2.07. The Bertz CT molecular complexity index is 321. The third-order valence-electron chi connectivity index (χ3n) is 2.13. The van der Waals surface area contributed by atoms with Crippen molar-refractivity contribution in [2.24, 2.45) is 0 Å². The summed E-state index contributed by atoms with van der Waals surface area (Å²) in [7, 11) is 0. The molecule has 4 heteroatoms. The molecule has 0 aliphatic rings. The number of rotatable bonds is 4. The Morgan fingerprint density at radius 3 is 2.57 bits per heavy atom. The van der Waals surface area contributed by atoms with Crippen LogP contribution in [0.25, 0.3) is 0 Å². The highest BCUT2D eigenvalue weighted by molar-refractivity contribution is 5.98. The lowest BCUT2D eigenvalue weighted by Crippen LogP contribution is -2.25. The topological polar surface area (TPSA) is 46.1 Å². The van der Waals surface area contributed by atoms with Gasteiger partial charge in [-0.05, 0) is 20.8 Å². The molecule has 0 bridgehead atoms. The van der Waals surface area contributed by atoms with Gasteiger partial charge in [0.15, 0.2) is 5.78 Å². The van der Waals surface area contributed by atoms with Crippen molar-refractivity contribution in [3.05, 3.63) is 18.1 Å². The predicted molar refractivity (Wildman–Crippen MR) is 55.6 cm³/mol. The van der Waals surface area contributed by atoms with Gasteiger partial charge in [-0.25, -0.2) is 9.97 Å². The van der Waals surface area contributed by atoms with Crippen LogP contribution in [-0.4, -0.2) is 28.8 Å². The van der Waals surface area contributed by atoms with Crippen LogP contribution in [0.1, 0.15) is 31.1 Å². The summed E-state index contributed by atoms with van der Waals surface area (Å²) in [6, 6.07) is 0. The molecule has 4 nitrogen and oxygen atoms in total. The van der Waals surface area contributed by atoms with Crippen molar-refractivity contribution >= 4 is 11.6 Å². The van der Waals surface area contributed by atoms with Crippen molar-refractivity contribution in [1.29, 1.82) is 0 Å². The third-order valence-corrected chi connectivity index (χ3v) is 2.13. The van der Waals surface area contributed by atoms with Gasteiger partial charge in [0, 0.05) is 19.3 Å². The second kappa shape index (κ2) is 4.69. The van der Waals surface area contributed by atoms with Crippen LogP contribution in [0, 0.1) is 0 Å². The lowest BCUT2D eigenvalue weighted by Gasteiger charge is -2.21. The van der Waals surface area contributed by atoms with E-state index in [4.69, 9.17) is 0 Å². The van der Waals surface area contributed by atoms with Gasteiger partial charge >= 0.3 is 0 Å². The summed E-state index contributed by atoms with van der Waals surface area (Å²) in [5.74, 6) is 0.741. The van der Waals surface area contributed by atoms with Crippen molar-refractivity contribution in [3.8, 4) is 0 Å². The molecule has 0 spiro atoms. The number of nitrogens with zero attached hydrogens (tertiary/aromatic N) is 3. The Labute approximate surface area is 84.0 Å². The van der Waals surface area contributed by atoms with Crippen LogP contribution in [0.2, 0.25) is 0 Å². The van der Waals surface area contributed by atoms with E-state index in [0.29, 0.717) is 5.56 Å². The van der Waals surface area contributed by atoms with Gasteiger partial charge in [0.05, 0.1) is 5.56 Å². The molecule has 0 saturated carbocycles. The summed E-state index contributed by atoms with van der Waals surface area (Å²) in [5.41, 5.74) is 0.594. The summed E-state index contributed by atoms with van der Waals surface area (Å²) < 4.78 is 0. The van der Waals surface area contributed by atoms with E-state index in [1.165, 1.54) is 13.3 Å². The number of hydrogen-bond donors (Lipinski definition) is 0. The summed E-state index contributed by atoms with van der Waals surface area (Å²) >= 11 is 0. The summed E-state index contributed by atoms with van der Waals surface area (Å²) in [6.45, 7) is 7.29. The fourth-order valence-electron chi connectivity index (χ4n) is 1.35. The van der Waals surface area contributed by atoms with Gasteiger partial charge in [-0.1, -0.05) is 0 Å². The standard InChI is InChI=1S/C10H15N3O/c1-4-13(5-2)10-9(8(3)14)6-11-7-12-10/h6-7H,4-5H2,1-3H3. The van der Waals surface area contributed by atoms with Gasteiger partial charge in [-0.2, -0.15) is 0 Å². The molecule has 1 aromatic rings. The minimum Gasteiger partial charge on any atom is -0.356 e. The summed E-state index contributed by atoms with van der Waals surface area (Å²) in [6.07, 6.45) is 3.04. The van der Waals surface area contributed by atoms with Crippen LogP contribution in [0.15, 0.2) is 12.5 Å². The zero-order chi connectivity index (χ0) is 10.6. The molecule has 14 heavy (non-hydrogen) atoms. The van der Waals surface area contributed by atoms with Crippen molar-refractivity contribution in [2.75, 3.05) is 18.0 Å². The number of carbonyl (C=O) groups excluding carboxylic acids is 1. The zero-order valence-electron chi connectivity index (χ0n) is 8.82. The van der Waals surface area contributed by atoms with Gasteiger partial charge in [-0.3, -0.25) is 4.79 Å². The normalized spacial score (nSPS) is 9.93. The maximum Gasteiger partial charge on any atom is 0.165 e. The number of hydrogen-bond acceptors (Lipinski definition) is 4. The number of Topliss-reactive ketones (excluding diaryl/α,β-unsaturated/α-hetero) is 1. The Hall–Kier alpha value is -1.45. The van der Waals surface area contributed by atoms with Crippen LogP contribution >= 0.6 is 0 Å². The molecule has 0 unspecified atom stereocenters. The van der Waals surface area contributed by atoms with E-state index in [9.17, 15) is 4.79 Å². The van der Waals surface area contributed by atoms with E-state index >= 15 is 0 Å². The fraction of sp³-hybridized carbons (Fsp3) is 0.500. The first-order valence-corrected chi connectivity index (χ1v) is 4.76.